The summed E-state index contributed by atoms with van der Waals surface area (Å²) < 4.78 is 0. The Hall–Kier alpha value is -1.82. The highest BCUT2D eigenvalue weighted by Crippen LogP contribution is 2.18. The van der Waals surface area contributed by atoms with Gasteiger partial charge in [0.1, 0.15) is 5.92 Å². The highest BCUT2D eigenvalue weighted by molar-refractivity contribution is 5.81. The van der Waals surface area contributed by atoms with Crippen molar-refractivity contribution in [3.8, 4) is 6.07 Å². The molecule has 0 bridgehead atoms. The number of carbonyl (C=O) groups is 1. The van der Waals surface area contributed by atoms with E-state index < -0.39 is 5.92 Å². The van der Waals surface area contributed by atoms with Gasteiger partial charge in [0.2, 0.25) is 5.91 Å². The fourth-order valence-corrected chi connectivity index (χ4v) is 2.77. The molecular formula is C17H22N2O. The van der Waals surface area contributed by atoms with Crippen LogP contribution in [0, 0.1) is 17.2 Å². The van der Waals surface area contributed by atoms with Crippen molar-refractivity contribution < 1.29 is 4.79 Å². The van der Waals surface area contributed by atoms with Crippen LogP contribution < -0.4 is 5.32 Å². The van der Waals surface area contributed by atoms with Gasteiger partial charge in [0.25, 0.3) is 0 Å². The molecule has 1 atom stereocenters. The molecule has 1 unspecified atom stereocenters. The molecule has 1 aliphatic carbocycles. The minimum atomic E-state index is -0.583. The van der Waals surface area contributed by atoms with Gasteiger partial charge in [0, 0.05) is 6.04 Å². The Balaban J connectivity index is 1.90. The molecule has 3 heteroatoms. The van der Waals surface area contributed by atoms with Crippen LogP contribution in [0.2, 0.25) is 0 Å². The highest BCUT2D eigenvalue weighted by atomic mass is 16.1. The quantitative estimate of drug-likeness (QED) is 0.854. The van der Waals surface area contributed by atoms with E-state index in [1.807, 2.05) is 30.3 Å². The van der Waals surface area contributed by atoms with Gasteiger partial charge in [-0.2, -0.15) is 5.26 Å². The van der Waals surface area contributed by atoms with Crippen molar-refractivity contribution in [3.63, 3.8) is 0 Å². The van der Waals surface area contributed by atoms with E-state index in [0.717, 1.165) is 18.4 Å². The maximum absolute atomic E-state index is 12.2. The van der Waals surface area contributed by atoms with Crippen molar-refractivity contribution in [3.05, 3.63) is 35.9 Å². The molecule has 1 fully saturated rings. The molecule has 0 radical (unpaired) electrons. The smallest absolute Gasteiger partial charge is 0.237 e. The largest absolute Gasteiger partial charge is 0.352 e. The van der Waals surface area contributed by atoms with Gasteiger partial charge >= 0.3 is 0 Å². The van der Waals surface area contributed by atoms with Crippen molar-refractivity contribution >= 4 is 5.91 Å². The summed E-state index contributed by atoms with van der Waals surface area (Å²) in [6.07, 6.45) is 7.48. The molecule has 0 aliphatic heterocycles. The molecule has 0 aromatic heterocycles. The van der Waals surface area contributed by atoms with Gasteiger partial charge in [-0.3, -0.25) is 4.79 Å². The molecule has 1 aliphatic rings. The standard InChI is InChI=1S/C17H22N2O/c18-13-15(12-14-8-4-3-5-9-14)17(20)19-16-10-6-1-2-7-11-16/h3-5,8-9,15-16H,1-2,6-7,10-12H2,(H,19,20). The lowest BCUT2D eigenvalue weighted by Gasteiger charge is -2.18. The molecule has 2 rings (SSSR count). The molecule has 3 nitrogen and oxygen atoms in total. The Kier molecular flexibility index (Phi) is 5.61. The molecule has 1 N–H and O–H groups in total. The van der Waals surface area contributed by atoms with E-state index in [1.54, 1.807) is 0 Å². The van der Waals surface area contributed by atoms with Crippen LogP contribution in [-0.2, 0) is 11.2 Å². The average molecular weight is 270 g/mol. The van der Waals surface area contributed by atoms with Crippen molar-refractivity contribution in [2.24, 2.45) is 5.92 Å². The highest BCUT2D eigenvalue weighted by Gasteiger charge is 2.22. The second-order valence-corrected chi connectivity index (χ2v) is 5.57. The second-order valence-electron chi connectivity index (χ2n) is 5.57. The van der Waals surface area contributed by atoms with E-state index in [4.69, 9.17) is 0 Å². The Labute approximate surface area is 121 Å². The van der Waals surface area contributed by atoms with Gasteiger partial charge < -0.3 is 5.32 Å². The topological polar surface area (TPSA) is 52.9 Å². The fraction of sp³-hybridized carbons (Fsp3) is 0.529. The van der Waals surface area contributed by atoms with E-state index >= 15 is 0 Å². The van der Waals surface area contributed by atoms with Gasteiger partial charge in [-0.05, 0) is 24.8 Å². The number of benzene rings is 1. The lowest BCUT2D eigenvalue weighted by molar-refractivity contribution is -0.124. The van der Waals surface area contributed by atoms with Crippen LogP contribution in [0.3, 0.4) is 0 Å². The predicted molar refractivity (Wildman–Crippen MR) is 78.9 cm³/mol. The first-order valence-electron chi connectivity index (χ1n) is 7.53. The summed E-state index contributed by atoms with van der Waals surface area (Å²) in [5.74, 6) is -0.691. The van der Waals surface area contributed by atoms with E-state index in [-0.39, 0.29) is 11.9 Å². The predicted octanol–water partition coefficient (Wildman–Crippen LogP) is 3.21. The average Bonchev–Trinajstić information content (AvgIpc) is 2.74. The minimum absolute atomic E-state index is 0.108. The first-order chi connectivity index (χ1) is 9.79. The molecule has 0 heterocycles. The van der Waals surface area contributed by atoms with Crippen LogP contribution in [0.15, 0.2) is 30.3 Å². The SMILES string of the molecule is N#CC(Cc1ccccc1)C(=O)NC1CCCCCC1. The first-order valence-corrected chi connectivity index (χ1v) is 7.53. The lowest BCUT2D eigenvalue weighted by atomic mass is 9.99. The number of nitrogens with one attached hydrogen (secondary N) is 1. The minimum Gasteiger partial charge on any atom is -0.352 e. The number of amides is 1. The Morgan fingerprint density at radius 3 is 2.45 bits per heavy atom. The lowest BCUT2D eigenvalue weighted by Crippen LogP contribution is -2.39. The summed E-state index contributed by atoms with van der Waals surface area (Å²) in [6.45, 7) is 0. The molecule has 106 valence electrons. The van der Waals surface area contributed by atoms with E-state index in [1.165, 1.54) is 25.7 Å². The number of nitriles is 1. The maximum Gasteiger partial charge on any atom is 0.237 e. The van der Waals surface area contributed by atoms with Crippen LogP contribution in [-0.4, -0.2) is 11.9 Å². The van der Waals surface area contributed by atoms with Gasteiger partial charge in [0.15, 0.2) is 0 Å². The van der Waals surface area contributed by atoms with Crippen molar-refractivity contribution in [2.75, 3.05) is 0 Å². The van der Waals surface area contributed by atoms with Crippen molar-refractivity contribution in [1.82, 2.24) is 5.32 Å². The summed E-state index contributed by atoms with van der Waals surface area (Å²) in [6, 6.07) is 12.1. The van der Waals surface area contributed by atoms with E-state index in [2.05, 4.69) is 11.4 Å². The number of hydrogen-bond donors (Lipinski definition) is 1. The van der Waals surface area contributed by atoms with Crippen LogP contribution in [0.25, 0.3) is 0 Å². The first kappa shape index (κ1) is 14.6. The number of nitrogens with zero attached hydrogens (tertiary/aromatic N) is 1. The summed E-state index contributed by atoms with van der Waals surface area (Å²) in [4.78, 5) is 12.2. The molecule has 20 heavy (non-hydrogen) atoms. The fourth-order valence-electron chi connectivity index (χ4n) is 2.77. The van der Waals surface area contributed by atoms with Crippen LogP contribution in [0.4, 0.5) is 0 Å². The molecule has 0 spiro atoms. The molecular weight excluding hydrogens is 248 g/mol. The van der Waals surface area contributed by atoms with Crippen LogP contribution >= 0.6 is 0 Å². The molecule has 0 saturated heterocycles. The van der Waals surface area contributed by atoms with Crippen LogP contribution in [0.1, 0.15) is 44.1 Å². The number of rotatable bonds is 4. The zero-order valence-corrected chi connectivity index (χ0v) is 11.8. The number of hydrogen-bond acceptors (Lipinski definition) is 2. The Morgan fingerprint density at radius 2 is 1.85 bits per heavy atom. The maximum atomic E-state index is 12.2. The third-order valence-electron chi connectivity index (χ3n) is 3.96. The molecule has 1 saturated carbocycles. The zero-order chi connectivity index (χ0) is 14.2. The normalized spacial score (nSPS) is 17.8. The van der Waals surface area contributed by atoms with E-state index in [0.29, 0.717) is 6.42 Å². The third kappa shape index (κ3) is 4.38. The van der Waals surface area contributed by atoms with E-state index in [9.17, 15) is 10.1 Å². The third-order valence-corrected chi connectivity index (χ3v) is 3.96. The van der Waals surface area contributed by atoms with Gasteiger partial charge in [-0.15, -0.1) is 0 Å². The summed E-state index contributed by atoms with van der Waals surface area (Å²) in [5, 5.41) is 12.3. The Bertz CT molecular complexity index is 456. The summed E-state index contributed by atoms with van der Waals surface area (Å²) in [7, 11) is 0. The van der Waals surface area contributed by atoms with Gasteiger partial charge in [0.05, 0.1) is 6.07 Å². The van der Waals surface area contributed by atoms with Crippen molar-refractivity contribution in [2.45, 2.75) is 51.0 Å². The van der Waals surface area contributed by atoms with Crippen molar-refractivity contribution in [1.29, 1.82) is 5.26 Å². The second kappa shape index (κ2) is 7.69. The zero-order valence-electron chi connectivity index (χ0n) is 11.8. The summed E-state index contributed by atoms with van der Waals surface area (Å²) in [5.41, 5.74) is 1.04. The Morgan fingerprint density at radius 1 is 1.20 bits per heavy atom. The molecule has 1 aromatic rings. The number of carbonyl (C=O) groups excluding carboxylic acids is 1. The molecule has 1 aromatic carbocycles. The summed E-state index contributed by atoms with van der Waals surface area (Å²) >= 11 is 0. The van der Waals surface area contributed by atoms with Crippen LogP contribution in [0.5, 0.6) is 0 Å². The molecule has 1 amide bonds. The van der Waals surface area contributed by atoms with Gasteiger partial charge in [-0.25, -0.2) is 0 Å². The monoisotopic (exact) mass is 270 g/mol. The van der Waals surface area contributed by atoms with Gasteiger partial charge in [-0.1, -0.05) is 56.0 Å².